The number of carbonyl (C=O) groups is 1. The highest BCUT2D eigenvalue weighted by atomic mass is 32.2. The predicted octanol–water partition coefficient (Wildman–Crippen LogP) is 3.18. The number of rotatable bonds is 4. The van der Waals surface area contributed by atoms with E-state index in [0.717, 1.165) is 18.5 Å². The first kappa shape index (κ1) is 14.9. The number of hydrogen-bond donors (Lipinski definition) is 1. The molecule has 1 aromatic rings. The molecule has 1 aromatic carbocycles. The van der Waals surface area contributed by atoms with Crippen LogP contribution in [0.25, 0.3) is 0 Å². The molecular weight excluding hydrogens is 280 g/mol. The molecule has 1 amide bonds. The van der Waals surface area contributed by atoms with Gasteiger partial charge < -0.3 is 4.90 Å². The Balaban J connectivity index is 1.72. The zero-order valence-electron chi connectivity index (χ0n) is 12.6. The average molecular weight is 304 g/mol. The molecule has 2 fully saturated rings. The second-order valence-corrected chi connectivity index (χ2v) is 7.32. The van der Waals surface area contributed by atoms with E-state index in [2.05, 4.69) is 17.1 Å². The fraction of sp³-hybridized carbons (Fsp3) is 0.588. The molecule has 3 nitrogen and oxygen atoms in total. The number of thioether (sulfide) groups is 1. The van der Waals surface area contributed by atoms with Crippen LogP contribution in [-0.4, -0.2) is 34.5 Å². The number of nitrogens with one attached hydrogen (secondary N) is 1. The molecule has 0 aromatic heterocycles. The molecule has 2 aliphatic rings. The van der Waals surface area contributed by atoms with Gasteiger partial charge in [-0.15, -0.1) is 0 Å². The minimum absolute atomic E-state index is 0.162. The van der Waals surface area contributed by atoms with Gasteiger partial charge in [-0.2, -0.15) is 11.8 Å². The molecule has 0 bridgehead atoms. The first-order valence-electron chi connectivity index (χ1n) is 8.02. The van der Waals surface area contributed by atoms with Gasteiger partial charge in [0.05, 0.1) is 6.17 Å². The van der Waals surface area contributed by atoms with Crippen molar-refractivity contribution in [2.45, 2.75) is 50.1 Å². The molecule has 0 aliphatic carbocycles. The van der Waals surface area contributed by atoms with Crippen molar-refractivity contribution in [3.63, 3.8) is 0 Å². The van der Waals surface area contributed by atoms with Gasteiger partial charge in [-0.25, -0.2) is 0 Å². The number of nitrogens with zero attached hydrogens (tertiary/aromatic N) is 1. The van der Waals surface area contributed by atoms with Crippen molar-refractivity contribution < 1.29 is 4.79 Å². The number of hydrogen-bond acceptors (Lipinski definition) is 3. The smallest absolute Gasteiger partial charge is 0.245 e. The lowest BCUT2D eigenvalue weighted by Gasteiger charge is -2.29. The highest BCUT2D eigenvalue weighted by molar-refractivity contribution is 7.99. The fourth-order valence-corrected chi connectivity index (χ4v) is 4.59. The fourth-order valence-electron chi connectivity index (χ4n) is 3.28. The van der Waals surface area contributed by atoms with Crippen LogP contribution in [0.15, 0.2) is 30.3 Å². The Morgan fingerprint density at radius 1 is 1.29 bits per heavy atom. The first-order chi connectivity index (χ1) is 10.3. The zero-order chi connectivity index (χ0) is 14.7. The average Bonchev–Trinajstić information content (AvgIpc) is 2.86. The molecule has 0 saturated carbocycles. The summed E-state index contributed by atoms with van der Waals surface area (Å²) in [6.07, 6.45) is 5.04. The third-order valence-electron chi connectivity index (χ3n) is 4.46. The summed E-state index contributed by atoms with van der Waals surface area (Å²) < 4.78 is 0. The molecule has 2 aliphatic heterocycles. The molecule has 0 spiro atoms. The SMILES string of the molecule is CCC1NC(c2ccccc2)C(=O)N1CC1CCCCS1. The van der Waals surface area contributed by atoms with E-state index in [4.69, 9.17) is 0 Å². The predicted molar refractivity (Wildman–Crippen MR) is 88.2 cm³/mol. The lowest BCUT2D eigenvalue weighted by Crippen LogP contribution is -2.41. The van der Waals surface area contributed by atoms with E-state index < -0.39 is 0 Å². The van der Waals surface area contributed by atoms with Gasteiger partial charge >= 0.3 is 0 Å². The molecule has 3 atom stereocenters. The largest absolute Gasteiger partial charge is 0.324 e. The normalized spacial score (nSPS) is 29.9. The van der Waals surface area contributed by atoms with Gasteiger partial charge in [0.1, 0.15) is 6.04 Å². The van der Waals surface area contributed by atoms with Crippen LogP contribution < -0.4 is 5.32 Å². The van der Waals surface area contributed by atoms with Gasteiger partial charge in [-0.3, -0.25) is 10.1 Å². The second-order valence-electron chi connectivity index (χ2n) is 5.91. The molecule has 1 N–H and O–H groups in total. The maximum absolute atomic E-state index is 12.8. The minimum atomic E-state index is -0.162. The molecule has 0 radical (unpaired) electrons. The second kappa shape index (κ2) is 6.84. The van der Waals surface area contributed by atoms with Crippen molar-refractivity contribution in [1.82, 2.24) is 10.2 Å². The summed E-state index contributed by atoms with van der Waals surface area (Å²) in [5.41, 5.74) is 1.08. The van der Waals surface area contributed by atoms with Crippen molar-refractivity contribution in [3.05, 3.63) is 35.9 Å². The Bertz CT molecular complexity index is 473. The topological polar surface area (TPSA) is 32.3 Å². The van der Waals surface area contributed by atoms with E-state index in [1.807, 2.05) is 42.1 Å². The summed E-state index contributed by atoms with van der Waals surface area (Å²) in [6.45, 7) is 3.05. The number of carbonyl (C=O) groups excluding carboxylic acids is 1. The molecular formula is C17H24N2OS. The van der Waals surface area contributed by atoms with Crippen LogP contribution in [0.4, 0.5) is 0 Å². The Morgan fingerprint density at radius 3 is 2.76 bits per heavy atom. The van der Waals surface area contributed by atoms with Crippen molar-refractivity contribution in [3.8, 4) is 0 Å². The van der Waals surface area contributed by atoms with Gasteiger partial charge in [-0.05, 0) is 30.6 Å². The lowest BCUT2D eigenvalue weighted by molar-refractivity contribution is -0.130. The third kappa shape index (κ3) is 3.27. The Labute approximate surface area is 131 Å². The van der Waals surface area contributed by atoms with Crippen LogP contribution in [0.5, 0.6) is 0 Å². The van der Waals surface area contributed by atoms with Crippen LogP contribution >= 0.6 is 11.8 Å². The standard InChI is InChI=1S/C17H24N2OS/c1-2-15-18-16(13-8-4-3-5-9-13)17(20)19(15)12-14-10-6-7-11-21-14/h3-5,8-9,14-16,18H,2,6-7,10-12H2,1H3. The molecule has 21 heavy (non-hydrogen) atoms. The molecule has 114 valence electrons. The zero-order valence-corrected chi connectivity index (χ0v) is 13.4. The molecule has 2 saturated heterocycles. The van der Waals surface area contributed by atoms with Crippen LogP contribution in [-0.2, 0) is 4.79 Å². The Kier molecular flexibility index (Phi) is 4.86. The van der Waals surface area contributed by atoms with Crippen molar-refractivity contribution in [1.29, 1.82) is 0 Å². The summed E-state index contributed by atoms with van der Waals surface area (Å²) in [7, 11) is 0. The van der Waals surface area contributed by atoms with E-state index in [-0.39, 0.29) is 18.1 Å². The van der Waals surface area contributed by atoms with Crippen LogP contribution in [0.2, 0.25) is 0 Å². The van der Waals surface area contributed by atoms with Gasteiger partial charge in [-0.1, -0.05) is 43.7 Å². The molecule has 2 heterocycles. The monoisotopic (exact) mass is 304 g/mol. The maximum atomic E-state index is 12.8. The van der Waals surface area contributed by atoms with Crippen LogP contribution in [0.3, 0.4) is 0 Å². The summed E-state index contributed by atoms with van der Waals surface area (Å²) in [6, 6.07) is 9.93. The van der Waals surface area contributed by atoms with Gasteiger partial charge in [0.2, 0.25) is 5.91 Å². The Morgan fingerprint density at radius 2 is 2.10 bits per heavy atom. The summed E-state index contributed by atoms with van der Waals surface area (Å²) in [5.74, 6) is 1.50. The summed E-state index contributed by atoms with van der Waals surface area (Å²) in [4.78, 5) is 14.9. The highest BCUT2D eigenvalue weighted by Gasteiger charge is 2.39. The molecule has 3 unspecified atom stereocenters. The van der Waals surface area contributed by atoms with Gasteiger partial charge in [0, 0.05) is 11.8 Å². The van der Waals surface area contributed by atoms with E-state index >= 15 is 0 Å². The van der Waals surface area contributed by atoms with Crippen molar-refractivity contribution >= 4 is 17.7 Å². The highest BCUT2D eigenvalue weighted by Crippen LogP contribution is 2.30. The maximum Gasteiger partial charge on any atom is 0.245 e. The van der Waals surface area contributed by atoms with Crippen LogP contribution in [0, 0.1) is 0 Å². The van der Waals surface area contributed by atoms with Crippen molar-refractivity contribution in [2.75, 3.05) is 12.3 Å². The third-order valence-corrected chi connectivity index (χ3v) is 5.84. The Hall–Kier alpha value is -1.00. The number of amides is 1. The van der Waals surface area contributed by atoms with Crippen molar-refractivity contribution in [2.24, 2.45) is 0 Å². The van der Waals surface area contributed by atoms with E-state index in [9.17, 15) is 4.79 Å². The van der Waals surface area contributed by atoms with Gasteiger partial charge in [0.15, 0.2) is 0 Å². The first-order valence-corrected chi connectivity index (χ1v) is 9.07. The summed E-state index contributed by atoms with van der Waals surface area (Å²) >= 11 is 2.04. The minimum Gasteiger partial charge on any atom is -0.324 e. The van der Waals surface area contributed by atoms with Crippen LogP contribution in [0.1, 0.15) is 44.2 Å². The lowest BCUT2D eigenvalue weighted by atomic mass is 10.1. The van der Waals surface area contributed by atoms with E-state index in [1.165, 1.54) is 25.0 Å². The van der Waals surface area contributed by atoms with E-state index in [1.54, 1.807) is 0 Å². The quantitative estimate of drug-likeness (QED) is 0.927. The van der Waals surface area contributed by atoms with E-state index in [0.29, 0.717) is 5.25 Å². The molecule has 3 rings (SSSR count). The molecule has 4 heteroatoms. The summed E-state index contributed by atoms with van der Waals surface area (Å²) in [5, 5.41) is 4.13. The van der Waals surface area contributed by atoms with Gasteiger partial charge in [0.25, 0.3) is 0 Å². The number of benzene rings is 1.